The lowest BCUT2D eigenvalue weighted by atomic mass is 10.1. The van der Waals surface area contributed by atoms with Crippen molar-refractivity contribution in [2.75, 3.05) is 7.11 Å². The van der Waals surface area contributed by atoms with E-state index in [2.05, 4.69) is 52.1 Å². The second kappa shape index (κ2) is 11.7. The summed E-state index contributed by atoms with van der Waals surface area (Å²) in [5.74, 6) is 2.11. The smallest absolute Gasteiger partial charge is 0.220 e. The molecule has 1 amide bonds. The molecule has 27 heavy (non-hydrogen) atoms. The number of unbranched alkanes of at least 4 members (excludes halogenated alkanes) is 2. The van der Waals surface area contributed by atoms with E-state index in [-0.39, 0.29) is 11.5 Å². The van der Waals surface area contributed by atoms with Crippen molar-refractivity contribution in [3.8, 4) is 11.5 Å². The van der Waals surface area contributed by atoms with Crippen LogP contribution in [-0.2, 0) is 11.3 Å². The molecule has 1 aromatic carbocycles. The zero-order chi connectivity index (χ0) is 20.3. The van der Waals surface area contributed by atoms with Crippen LogP contribution in [0, 0.1) is 5.92 Å². The van der Waals surface area contributed by atoms with Gasteiger partial charge in [0.2, 0.25) is 5.91 Å². The monoisotopic (exact) mass is 375 g/mol. The topological polar surface area (TPSA) is 47.6 Å². The molecule has 0 radical (unpaired) electrons. The van der Waals surface area contributed by atoms with Crippen molar-refractivity contribution >= 4 is 5.91 Å². The largest absolute Gasteiger partial charge is 0.493 e. The van der Waals surface area contributed by atoms with Crippen LogP contribution in [0.15, 0.2) is 30.4 Å². The SMILES string of the molecule is CCC(C)(C)Oc1ccc(CNC(=O)CCCC/C=C/C(C)C)cc1OC. The number of nitrogens with one attached hydrogen (secondary N) is 1. The lowest BCUT2D eigenvalue weighted by molar-refractivity contribution is -0.121. The average Bonchev–Trinajstić information content (AvgIpc) is 2.63. The number of amides is 1. The molecule has 0 atom stereocenters. The van der Waals surface area contributed by atoms with Gasteiger partial charge in [0.25, 0.3) is 0 Å². The van der Waals surface area contributed by atoms with Gasteiger partial charge >= 0.3 is 0 Å². The minimum Gasteiger partial charge on any atom is -0.493 e. The molecule has 152 valence electrons. The van der Waals surface area contributed by atoms with E-state index in [9.17, 15) is 4.79 Å². The summed E-state index contributed by atoms with van der Waals surface area (Å²) >= 11 is 0. The third-order valence-corrected chi connectivity index (χ3v) is 4.50. The molecular formula is C23H37NO3. The predicted molar refractivity (Wildman–Crippen MR) is 112 cm³/mol. The molecule has 4 heteroatoms. The van der Waals surface area contributed by atoms with Gasteiger partial charge in [-0.05, 0) is 63.1 Å². The van der Waals surface area contributed by atoms with Crippen molar-refractivity contribution in [1.29, 1.82) is 0 Å². The van der Waals surface area contributed by atoms with Crippen LogP contribution in [-0.4, -0.2) is 18.6 Å². The number of methoxy groups -OCH3 is 1. The summed E-state index contributed by atoms with van der Waals surface area (Å²) in [5.41, 5.74) is 0.759. The van der Waals surface area contributed by atoms with Gasteiger partial charge in [0.15, 0.2) is 11.5 Å². The van der Waals surface area contributed by atoms with Gasteiger partial charge in [0.1, 0.15) is 5.60 Å². The first-order chi connectivity index (χ1) is 12.8. The Balaban J connectivity index is 2.44. The molecule has 0 heterocycles. The molecule has 0 aliphatic rings. The fourth-order valence-corrected chi connectivity index (χ4v) is 2.48. The van der Waals surface area contributed by atoms with Gasteiger partial charge in [-0.1, -0.05) is 39.0 Å². The number of benzene rings is 1. The Hall–Kier alpha value is -1.97. The van der Waals surface area contributed by atoms with Gasteiger partial charge in [-0.2, -0.15) is 0 Å². The Morgan fingerprint density at radius 3 is 2.59 bits per heavy atom. The van der Waals surface area contributed by atoms with Crippen molar-refractivity contribution < 1.29 is 14.3 Å². The number of rotatable bonds is 12. The van der Waals surface area contributed by atoms with Gasteiger partial charge in [0.05, 0.1) is 7.11 Å². The number of ether oxygens (including phenoxy) is 2. The fraction of sp³-hybridized carbons (Fsp3) is 0.609. The highest BCUT2D eigenvalue weighted by Crippen LogP contribution is 2.32. The number of hydrogen-bond donors (Lipinski definition) is 1. The molecule has 0 aromatic heterocycles. The molecule has 0 aliphatic heterocycles. The molecule has 0 saturated carbocycles. The summed E-state index contributed by atoms with van der Waals surface area (Å²) in [7, 11) is 1.64. The molecule has 0 aliphatic carbocycles. The maximum atomic E-state index is 12.0. The Kier molecular flexibility index (Phi) is 9.98. The van der Waals surface area contributed by atoms with E-state index in [4.69, 9.17) is 9.47 Å². The highest BCUT2D eigenvalue weighted by Gasteiger charge is 2.19. The molecule has 1 aromatic rings. The second-order valence-corrected chi connectivity index (χ2v) is 7.90. The molecule has 1 rings (SSSR count). The molecule has 0 unspecified atom stereocenters. The van der Waals surface area contributed by atoms with Crippen molar-refractivity contribution in [3.63, 3.8) is 0 Å². The summed E-state index contributed by atoms with van der Waals surface area (Å²) in [6.45, 7) is 11.0. The number of carbonyl (C=O) groups is 1. The maximum Gasteiger partial charge on any atom is 0.220 e. The third kappa shape index (κ3) is 9.50. The lowest BCUT2D eigenvalue weighted by Gasteiger charge is -2.26. The summed E-state index contributed by atoms with van der Waals surface area (Å²) in [6, 6.07) is 5.82. The number of hydrogen-bond acceptors (Lipinski definition) is 3. The zero-order valence-corrected chi connectivity index (χ0v) is 17.9. The lowest BCUT2D eigenvalue weighted by Crippen LogP contribution is -2.27. The van der Waals surface area contributed by atoms with Crippen LogP contribution in [0.3, 0.4) is 0 Å². The van der Waals surface area contributed by atoms with E-state index in [1.165, 1.54) is 0 Å². The van der Waals surface area contributed by atoms with E-state index in [1.807, 2.05) is 18.2 Å². The van der Waals surface area contributed by atoms with E-state index in [1.54, 1.807) is 7.11 Å². The molecule has 0 bridgehead atoms. The Morgan fingerprint density at radius 1 is 1.22 bits per heavy atom. The van der Waals surface area contributed by atoms with Crippen LogP contribution in [0.4, 0.5) is 0 Å². The van der Waals surface area contributed by atoms with E-state index in [0.717, 1.165) is 37.0 Å². The third-order valence-electron chi connectivity index (χ3n) is 4.50. The summed E-state index contributed by atoms with van der Waals surface area (Å²) in [6.07, 6.45) is 8.89. The summed E-state index contributed by atoms with van der Waals surface area (Å²) in [4.78, 5) is 12.0. The molecule has 0 saturated heterocycles. The van der Waals surface area contributed by atoms with Crippen molar-refractivity contribution in [2.45, 2.75) is 78.9 Å². The van der Waals surface area contributed by atoms with Crippen LogP contribution in [0.25, 0.3) is 0 Å². The van der Waals surface area contributed by atoms with Crippen LogP contribution in [0.2, 0.25) is 0 Å². The van der Waals surface area contributed by atoms with Crippen LogP contribution in [0.5, 0.6) is 11.5 Å². The normalized spacial score (nSPS) is 11.8. The fourth-order valence-electron chi connectivity index (χ4n) is 2.48. The summed E-state index contributed by atoms with van der Waals surface area (Å²) in [5, 5.41) is 2.98. The quantitative estimate of drug-likeness (QED) is 0.379. The molecular weight excluding hydrogens is 338 g/mol. The Labute approximate surface area is 165 Å². The maximum absolute atomic E-state index is 12.0. The predicted octanol–water partition coefficient (Wildman–Crippen LogP) is 5.65. The van der Waals surface area contributed by atoms with E-state index < -0.39 is 0 Å². The molecule has 0 fully saturated rings. The number of allylic oxidation sites excluding steroid dienone is 2. The highest BCUT2D eigenvalue weighted by atomic mass is 16.5. The zero-order valence-electron chi connectivity index (χ0n) is 17.9. The van der Waals surface area contributed by atoms with Crippen molar-refractivity contribution in [3.05, 3.63) is 35.9 Å². The second-order valence-electron chi connectivity index (χ2n) is 7.90. The van der Waals surface area contributed by atoms with Crippen LogP contribution in [0.1, 0.15) is 72.3 Å². The first-order valence-corrected chi connectivity index (χ1v) is 10.1. The van der Waals surface area contributed by atoms with E-state index in [0.29, 0.717) is 24.6 Å². The minimum atomic E-state index is -0.243. The highest BCUT2D eigenvalue weighted by molar-refractivity contribution is 5.75. The molecule has 0 spiro atoms. The Morgan fingerprint density at radius 2 is 1.96 bits per heavy atom. The average molecular weight is 376 g/mol. The standard InChI is InChI=1S/C23H37NO3/c1-7-23(4,5)27-20-15-14-19(16-21(20)26-6)17-24-22(25)13-11-9-8-10-12-18(2)3/h10,12,14-16,18H,7-9,11,13,17H2,1-6H3,(H,24,25)/b12-10+. The number of carbonyl (C=O) groups excluding carboxylic acids is 1. The first-order valence-electron chi connectivity index (χ1n) is 10.1. The molecule has 1 N–H and O–H groups in total. The van der Waals surface area contributed by atoms with Gasteiger partial charge in [-0.15, -0.1) is 0 Å². The van der Waals surface area contributed by atoms with Gasteiger partial charge in [-0.25, -0.2) is 0 Å². The van der Waals surface area contributed by atoms with Gasteiger partial charge in [0, 0.05) is 13.0 Å². The Bertz CT molecular complexity index is 606. The minimum absolute atomic E-state index is 0.0919. The van der Waals surface area contributed by atoms with Crippen molar-refractivity contribution in [1.82, 2.24) is 5.32 Å². The first kappa shape index (κ1) is 23.1. The van der Waals surface area contributed by atoms with Crippen LogP contribution >= 0.6 is 0 Å². The van der Waals surface area contributed by atoms with E-state index >= 15 is 0 Å². The van der Waals surface area contributed by atoms with Crippen LogP contribution < -0.4 is 14.8 Å². The summed E-state index contributed by atoms with van der Waals surface area (Å²) < 4.78 is 11.5. The van der Waals surface area contributed by atoms with Gasteiger partial charge < -0.3 is 14.8 Å². The molecule has 4 nitrogen and oxygen atoms in total. The van der Waals surface area contributed by atoms with Crippen molar-refractivity contribution in [2.24, 2.45) is 5.92 Å². The van der Waals surface area contributed by atoms with Gasteiger partial charge in [-0.3, -0.25) is 4.79 Å².